The number of rotatable bonds is 5. The number of amides is 1. The number of carboxylic acid groups (broad SMARTS) is 1. The summed E-state index contributed by atoms with van der Waals surface area (Å²) >= 11 is 0. The molecule has 1 aromatic carbocycles. The predicted molar refractivity (Wildman–Crippen MR) is 70.8 cm³/mol. The lowest BCUT2D eigenvalue weighted by Gasteiger charge is -2.14. The summed E-state index contributed by atoms with van der Waals surface area (Å²) in [6, 6.07) is 4.89. The van der Waals surface area contributed by atoms with Crippen molar-refractivity contribution in [2.24, 2.45) is 5.92 Å². The molecular weight excluding hydrogens is 230 g/mol. The molecule has 1 aromatic rings. The Bertz CT molecular complexity index is 454. The second kappa shape index (κ2) is 6.19. The molecule has 0 saturated heterocycles. The molecule has 1 atom stereocenters. The first kappa shape index (κ1) is 14.2. The lowest BCUT2D eigenvalue weighted by molar-refractivity contribution is -0.119. The summed E-state index contributed by atoms with van der Waals surface area (Å²) in [5.41, 5.74) is 1.38. The van der Waals surface area contributed by atoms with Gasteiger partial charge in [0, 0.05) is 11.6 Å². The van der Waals surface area contributed by atoms with E-state index < -0.39 is 5.97 Å². The van der Waals surface area contributed by atoms with E-state index in [0.29, 0.717) is 11.3 Å². The maximum Gasteiger partial charge on any atom is 0.336 e. The van der Waals surface area contributed by atoms with E-state index in [1.165, 1.54) is 6.07 Å². The van der Waals surface area contributed by atoms with Crippen LogP contribution in [-0.2, 0) is 4.79 Å². The van der Waals surface area contributed by atoms with Crippen LogP contribution in [0.5, 0.6) is 0 Å². The predicted octanol–water partition coefficient (Wildman–Crippen LogP) is 3.07. The molecule has 0 aliphatic carbocycles. The van der Waals surface area contributed by atoms with Crippen LogP contribution in [0.15, 0.2) is 18.2 Å². The highest BCUT2D eigenvalue weighted by molar-refractivity contribution is 5.96. The lowest BCUT2D eigenvalue weighted by Crippen LogP contribution is -2.21. The maximum absolute atomic E-state index is 11.9. The van der Waals surface area contributed by atoms with Crippen molar-refractivity contribution in [1.82, 2.24) is 0 Å². The Morgan fingerprint density at radius 1 is 1.39 bits per heavy atom. The van der Waals surface area contributed by atoms with Crippen LogP contribution >= 0.6 is 0 Å². The molecule has 4 heteroatoms. The van der Waals surface area contributed by atoms with Crippen LogP contribution in [-0.4, -0.2) is 17.0 Å². The van der Waals surface area contributed by atoms with Crippen molar-refractivity contribution in [2.75, 3.05) is 5.32 Å². The van der Waals surface area contributed by atoms with Gasteiger partial charge in [0.25, 0.3) is 0 Å². The molecule has 18 heavy (non-hydrogen) atoms. The minimum absolute atomic E-state index is 0.0668. The molecule has 1 unspecified atom stereocenters. The average Bonchev–Trinajstić information content (AvgIpc) is 2.31. The summed E-state index contributed by atoms with van der Waals surface area (Å²) in [5, 5.41) is 11.8. The molecule has 0 radical (unpaired) electrons. The average molecular weight is 249 g/mol. The van der Waals surface area contributed by atoms with Gasteiger partial charge in [0.2, 0.25) is 5.91 Å². The third-order valence-electron chi connectivity index (χ3n) is 2.99. The minimum atomic E-state index is -0.981. The summed E-state index contributed by atoms with van der Waals surface area (Å²) in [7, 11) is 0. The number of hydrogen-bond donors (Lipinski definition) is 2. The van der Waals surface area contributed by atoms with E-state index in [9.17, 15) is 9.59 Å². The first-order chi connectivity index (χ1) is 8.47. The van der Waals surface area contributed by atoms with Crippen LogP contribution in [0.3, 0.4) is 0 Å². The number of carbonyl (C=O) groups excluding carboxylic acids is 1. The molecule has 0 aliphatic rings. The first-order valence-electron chi connectivity index (χ1n) is 6.11. The molecule has 0 heterocycles. The van der Waals surface area contributed by atoms with Crippen molar-refractivity contribution in [3.8, 4) is 0 Å². The molecule has 0 bridgehead atoms. The molecule has 1 rings (SSSR count). The fourth-order valence-electron chi connectivity index (χ4n) is 1.82. The third kappa shape index (κ3) is 3.32. The fraction of sp³-hybridized carbons (Fsp3) is 0.429. The van der Waals surface area contributed by atoms with E-state index >= 15 is 0 Å². The minimum Gasteiger partial charge on any atom is -0.478 e. The van der Waals surface area contributed by atoms with Gasteiger partial charge < -0.3 is 10.4 Å². The standard InChI is InChI=1S/C14H19NO3/c1-4-6-9(2)13(16)15-12-8-5-7-11(10(12)3)14(17)18/h5,7-9H,4,6H2,1-3H3,(H,15,16)(H,17,18). The van der Waals surface area contributed by atoms with Crippen LogP contribution in [0.25, 0.3) is 0 Å². The Morgan fingerprint density at radius 2 is 2.06 bits per heavy atom. The van der Waals surface area contributed by atoms with Crippen LogP contribution in [0.4, 0.5) is 5.69 Å². The van der Waals surface area contributed by atoms with Crippen LogP contribution < -0.4 is 5.32 Å². The van der Waals surface area contributed by atoms with Gasteiger partial charge >= 0.3 is 5.97 Å². The molecule has 1 amide bonds. The lowest BCUT2D eigenvalue weighted by atomic mass is 10.0. The molecule has 0 aliphatic heterocycles. The van der Waals surface area contributed by atoms with Gasteiger partial charge in [-0.1, -0.05) is 26.3 Å². The molecule has 0 saturated carbocycles. The maximum atomic E-state index is 11.9. The van der Waals surface area contributed by atoms with Crippen molar-refractivity contribution in [1.29, 1.82) is 0 Å². The van der Waals surface area contributed by atoms with Crippen molar-refractivity contribution in [2.45, 2.75) is 33.6 Å². The molecule has 0 fully saturated rings. The summed E-state index contributed by atoms with van der Waals surface area (Å²) in [6.07, 6.45) is 1.77. The summed E-state index contributed by atoms with van der Waals surface area (Å²) in [6.45, 7) is 5.60. The molecule has 0 spiro atoms. The number of nitrogens with one attached hydrogen (secondary N) is 1. The quantitative estimate of drug-likeness (QED) is 0.842. The van der Waals surface area contributed by atoms with Gasteiger partial charge in [0.05, 0.1) is 5.56 Å². The van der Waals surface area contributed by atoms with E-state index in [0.717, 1.165) is 12.8 Å². The number of aromatic carboxylic acids is 1. The topological polar surface area (TPSA) is 66.4 Å². The summed E-state index contributed by atoms with van der Waals surface area (Å²) < 4.78 is 0. The third-order valence-corrected chi connectivity index (χ3v) is 2.99. The number of hydrogen-bond acceptors (Lipinski definition) is 2. The van der Waals surface area contributed by atoms with Gasteiger partial charge in [-0.2, -0.15) is 0 Å². The number of benzene rings is 1. The Labute approximate surface area is 107 Å². The summed E-state index contributed by atoms with van der Waals surface area (Å²) in [5.74, 6) is -1.12. The van der Waals surface area contributed by atoms with Gasteiger partial charge in [-0.3, -0.25) is 4.79 Å². The molecule has 2 N–H and O–H groups in total. The van der Waals surface area contributed by atoms with Crippen molar-refractivity contribution >= 4 is 17.6 Å². The number of carboxylic acids is 1. The van der Waals surface area contributed by atoms with Crippen LogP contribution in [0.2, 0.25) is 0 Å². The zero-order valence-corrected chi connectivity index (χ0v) is 11.0. The van der Waals surface area contributed by atoms with E-state index in [2.05, 4.69) is 5.32 Å². The summed E-state index contributed by atoms with van der Waals surface area (Å²) in [4.78, 5) is 22.9. The van der Waals surface area contributed by atoms with Crippen molar-refractivity contribution in [3.05, 3.63) is 29.3 Å². The first-order valence-corrected chi connectivity index (χ1v) is 6.11. The Morgan fingerprint density at radius 3 is 2.61 bits per heavy atom. The van der Waals surface area contributed by atoms with Crippen LogP contribution in [0.1, 0.15) is 42.6 Å². The highest BCUT2D eigenvalue weighted by Crippen LogP contribution is 2.20. The van der Waals surface area contributed by atoms with Crippen molar-refractivity contribution < 1.29 is 14.7 Å². The van der Waals surface area contributed by atoms with Gasteiger partial charge in [-0.25, -0.2) is 4.79 Å². The van der Waals surface area contributed by atoms with Gasteiger partial charge in [-0.05, 0) is 31.0 Å². The monoisotopic (exact) mass is 249 g/mol. The normalized spacial score (nSPS) is 11.9. The van der Waals surface area contributed by atoms with Gasteiger partial charge in [0.1, 0.15) is 0 Å². The largest absolute Gasteiger partial charge is 0.478 e. The Kier molecular flexibility index (Phi) is 4.89. The Balaban J connectivity index is 2.88. The van der Waals surface area contributed by atoms with E-state index in [1.54, 1.807) is 19.1 Å². The zero-order chi connectivity index (χ0) is 13.7. The molecular formula is C14H19NO3. The Hall–Kier alpha value is -1.84. The highest BCUT2D eigenvalue weighted by atomic mass is 16.4. The number of carbonyl (C=O) groups is 2. The highest BCUT2D eigenvalue weighted by Gasteiger charge is 2.15. The van der Waals surface area contributed by atoms with Crippen LogP contribution in [0, 0.1) is 12.8 Å². The smallest absolute Gasteiger partial charge is 0.336 e. The second-order valence-electron chi connectivity index (χ2n) is 4.46. The molecule has 0 aromatic heterocycles. The van der Waals surface area contributed by atoms with Gasteiger partial charge in [0.15, 0.2) is 0 Å². The molecule has 4 nitrogen and oxygen atoms in total. The van der Waals surface area contributed by atoms with Gasteiger partial charge in [-0.15, -0.1) is 0 Å². The SMILES string of the molecule is CCCC(C)C(=O)Nc1cccc(C(=O)O)c1C. The van der Waals surface area contributed by atoms with E-state index in [-0.39, 0.29) is 17.4 Å². The van der Waals surface area contributed by atoms with E-state index in [1.807, 2.05) is 13.8 Å². The van der Waals surface area contributed by atoms with Crippen molar-refractivity contribution in [3.63, 3.8) is 0 Å². The zero-order valence-electron chi connectivity index (χ0n) is 11.0. The fourth-order valence-corrected chi connectivity index (χ4v) is 1.82. The van der Waals surface area contributed by atoms with E-state index in [4.69, 9.17) is 5.11 Å². The molecule has 98 valence electrons. The second-order valence-corrected chi connectivity index (χ2v) is 4.46. The number of anilines is 1.